The van der Waals surface area contributed by atoms with Gasteiger partial charge < -0.3 is 19.5 Å². The van der Waals surface area contributed by atoms with Gasteiger partial charge >= 0.3 is 12.4 Å². The van der Waals surface area contributed by atoms with Crippen molar-refractivity contribution in [2.45, 2.75) is 64.7 Å². The van der Waals surface area contributed by atoms with Gasteiger partial charge in [0.2, 0.25) is 0 Å². The van der Waals surface area contributed by atoms with Gasteiger partial charge in [0.05, 0.1) is 14.2 Å². The fraction of sp³-hybridized carbons (Fsp3) is 0.421. The molecule has 0 radical (unpaired) electrons. The molecule has 0 unspecified atom stereocenters. The Morgan fingerprint density at radius 1 is 0.688 bits per heavy atom. The Kier molecular flexibility index (Phi) is 7.92. The van der Waals surface area contributed by atoms with Gasteiger partial charge in [-0.3, -0.25) is 0 Å². The molecule has 0 saturated heterocycles. The van der Waals surface area contributed by atoms with Crippen molar-refractivity contribution in [1.82, 2.24) is 0 Å². The molecule has 6 rings (SSSR count). The molecule has 1 spiro atoms. The number of alkyl halides is 6. The number of hydrogen-bond acceptors (Lipinski definition) is 4. The van der Waals surface area contributed by atoms with Crippen LogP contribution in [0.4, 0.5) is 32.0 Å². The van der Waals surface area contributed by atoms with Gasteiger partial charge in [-0.2, -0.15) is 26.3 Å². The van der Waals surface area contributed by atoms with E-state index in [9.17, 15) is 31.4 Å². The molecule has 48 heavy (non-hydrogen) atoms. The first kappa shape index (κ1) is 33.8. The Morgan fingerprint density at radius 3 is 1.90 bits per heavy atom. The first-order chi connectivity index (χ1) is 22.3. The van der Waals surface area contributed by atoms with Gasteiger partial charge in [0, 0.05) is 33.7 Å². The minimum atomic E-state index is -4.95. The number of nitrogens with zero attached hydrogens (tertiary/aromatic N) is 1. The Hall–Kier alpha value is -4.08. The lowest BCUT2D eigenvalue weighted by Gasteiger charge is -2.51. The number of rotatable bonds is 6. The van der Waals surface area contributed by atoms with E-state index >= 15 is 0 Å². The number of phenols is 1. The Morgan fingerprint density at radius 2 is 1.31 bits per heavy atom. The van der Waals surface area contributed by atoms with E-state index in [2.05, 4.69) is 33.8 Å². The molecule has 1 saturated carbocycles. The highest BCUT2D eigenvalue weighted by molar-refractivity contribution is 6.09. The van der Waals surface area contributed by atoms with Crippen molar-refractivity contribution in [3.8, 4) is 39.5 Å². The zero-order chi connectivity index (χ0) is 35.0. The minimum absolute atomic E-state index is 0.0479. The third-order valence-electron chi connectivity index (χ3n) is 9.76. The van der Waals surface area contributed by atoms with Crippen LogP contribution in [0.15, 0.2) is 60.7 Å². The van der Waals surface area contributed by atoms with E-state index in [4.69, 9.17) is 9.47 Å². The second-order valence-electron chi connectivity index (χ2n) is 14.9. The van der Waals surface area contributed by atoms with Gasteiger partial charge in [-0.05, 0) is 88.1 Å². The topological polar surface area (TPSA) is 41.9 Å². The molecular weight excluding hydrogens is 632 g/mol. The van der Waals surface area contributed by atoms with Crippen LogP contribution in [-0.4, -0.2) is 44.8 Å². The van der Waals surface area contributed by atoms with Crippen LogP contribution in [0, 0.1) is 10.8 Å². The number of fused-ring (bicyclic) bond motifs is 7. The molecule has 4 aromatic rings. The van der Waals surface area contributed by atoms with E-state index in [0.717, 1.165) is 41.5 Å². The Balaban J connectivity index is 1.73. The molecule has 0 heterocycles. The van der Waals surface area contributed by atoms with Gasteiger partial charge in [0.25, 0.3) is 0 Å². The van der Waals surface area contributed by atoms with Crippen molar-refractivity contribution in [1.29, 1.82) is 0 Å². The predicted octanol–water partition coefficient (Wildman–Crippen LogP) is 10.7. The van der Waals surface area contributed by atoms with Crippen LogP contribution in [0.1, 0.15) is 58.1 Å². The van der Waals surface area contributed by atoms with Crippen LogP contribution >= 0.6 is 0 Å². The number of benzene rings is 4. The monoisotopic (exact) mass is 671 g/mol. The molecule has 2 aliphatic carbocycles. The molecule has 256 valence electrons. The van der Waals surface area contributed by atoms with Crippen molar-refractivity contribution in [2.24, 2.45) is 10.8 Å². The summed E-state index contributed by atoms with van der Waals surface area (Å²) in [6.45, 7) is 5.19. The molecule has 2 aliphatic rings. The smallest absolute Gasteiger partial charge is 0.405 e. The largest absolute Gasteiger partial charge is 0.507 e. The summed E-state index contributed by atoms with van der Waals surface area (Å²) in [6.07, 6.45) is -7.39. The van der Waals surface area contributed by atoms with Gasteiger partial charge in [-0.1, -0.05) is 52.0 Å². The second-order valence-corrected chi connectivity index (χ2v) is 14.9. The van der Waals surface area contributed by atoms with Gasteiger partial charge in [0.15, 0.2) is 0 Å². The highest BCUT2D eigenvalue weighted by atomic mass is 19.4. The third-order valence-corrected chi connectivity index (χ3v) is 9.76. The second kappa shape index (κ2) is 11.2. The average molecular weight is 672 g/mol. The standard InChI is InChI=1S/C38H39F6NO3/c1-34(2)17-35(3,4)19-36(18-34)28-10-8-7-9-24(28)33-27-15-30(45(20-37(39,40)41)21-38(42,43)44)25(14-26(27)31(46)16-29(33)36)23-12-11-22(47-5)13-32(23)48-6/h7-16,46H,17-21H2,1-6H3. The van der Waals surface area contributed by atoms with Gasteiger partial charge in [0.1, 0.15) is 30.3 Å². The molecule has 0 aromatic heterocycles. The number of halogens is 6. The van der Waals surface area contributed by atoms with Crippen LogP contribution in [0.3, 0.4) is 0 Å². The van der Waals surface area contributed by atoms with Crippen molar-refractivity contribution >= 4 is 16.5 Å². The van der Waals surface area contributed by atoms with E-state index in [1.165, 1.54) is 38.5 Å². The van der Waals surface area contributed by atoms with Crippen LogP contribution in [-0.2, 0) is 5.41 Å². The molecule has 4 nitrogen and oxygen atoms in total. The van der Waals surface area contributed by atoms with E-state index in [0.29, 0.717) is 21.4 Å². The van der Waals surface area contributed by atoms with E-state index in [1.54, 1.807) is 12.1 Å². The third kappa shape index (κ3) is 6.03. The molecular formula is C38H39F6NO3. The zero-order valence-corrected chi connectivity index (χ0v) is 27.8. The average Bonchev–Trinajstić information content (AvgIpc) is 3.20. The molecule has 0 atom stereocenters. The predicted molar refractivity (Wildman–Crippen MR) is 176 cm³/mol. The summed E-state index contributed by atoms with van der Waals surface area (Å²) in [5.41, 5.74) is 2.81. The first-order valence-corrected chi connectivity index (χ1v) is 15.8. The van der Waals surface area contributed by atoms with Crippen molar-refractivity contribution in [2.75, 3.05) is 32.2 Å². The van der Waals surface area contributed by atoms with Crippen LogP contribution < -0.4 is 14.4 Å². The number of aromatic hydroxyl groups is 1. The van der Waals surface area contributed by atoms with Crippen molar-refractivity contribution < 1.29 is 40.9 Å². The molecule has 4 aromatic carbocycles. The molecule has 10 heteroatoms. The van der Waals surface area contributed by atoms with Crippen LogP contribution in [0.5, 0.6) is 17.2 Å². The van der Waals surface area contributed by atoms with Gasteiger partial charge in [-0.15, -0.1) is 0 Å². The summed E-state index contributed by atoms with van der Waals surface area (Å²) in [5.74, 6) is 0.474. The SMILES string of the molecule is COc1ccc(-c2cc3c(O)cc4c(c3cc2N(CC(F)(F)F)CC(F)(F)F)-c2ccccc2C42CC(C)(C)CC(C)(C)C2)c(OC)c1. The number of ether oxygens (including phenoxy) is 2. The molecule has 1 fully saturated rings. The lowest BCUT2D eigenvalue weighted by atomic mass is 9.52. The van der Waals surface area contributed by atoms with E-state index < -0.39 is 30.9 Å². The first-order valence-electron chi connectivity index (χ1n) is 15.8. The normalized spacial score (nSPS) is 17.7. The molecule has 0 aliphatic heterocycles. The van der Waals surface area contributed by atoms with Crippen LogP contribution in [0.2, 0.25) is 0 Å². The zero-order valence-electron chi connectivity index (χ0n) is 27.8. The summed E-state index contributed by atoms with van der Waals surface area (Å²) in [4.78, 5) is 0.318. The molecule has 0 bridgehead atoms. The maximum atomic E-state index is 14.0. The van der Waals surface area contributed by atoms with Crippen molar-refractivity contribution in [3.05, 3.63) is 71.8 Å². The summed E-state index contributed by atoms with van der Waals surface area (Å²) in [6, 6.07) is 17.1. The lowest BCUT2D eigenvalue weighted by Crippen LogP contribution is -2.43. The quantitative estimate of drug-likeness (QED) is 0.207. The van der Waals surface area contributed by atoms with Crippen molar-refractivity contribution in [3.63, 3.8) is 0 Å². The number of anilines is 1. The molecule has 1 N–H and O–H groups in total. The van der Waals surface area contributed by atoms with Gasteiger partial charge in [-0.25, -0.2) is 0 Å². The summed E-state index contributed by atoms with van der Waals surface area (Å²) >= 11 is 0. The highest BCUT2D eigenvalue weighted by Crippen LogP contribution is 2.65. The Labute approximate surface area is 276 Å². The highest BCUT2D eigenvalue weighted by Gasteiger charge is 2.54. The maximum absolute atomic E-state index is 14.0. The Bertz CT molecular complexity index is 1860. The minimum Gasteiger partial charge on any atom is -0.507 e. The maximum Gasteiger partial charge on any atom is 0.405 e. The summed E-state index contributed by atoms with van der Waals surface area (Å²) in [5, 5.41) is 12.4. The summed E-state index contributed by atoms with van der Waals surface area (Å²) < 4.78 is 95.0. The number of methoxy groups -OCH3 is 2. The summed E-state index contributed by atoms with van der Waals surface area (Å²) in [7, 11) is 2.79. The lowest BCUT2D eigenvalue weighted by molar-refractivity contribution is -0.137. The van der Waals surface area contributed by atoms with Crippen LogP contribution in [0.25, 0.3) is 33.0 Å². The van der Waals surface area contributed by atoms with E-state index in [-0.39, 0.29) is 39.1 Å². The fourth-order valence-corrected chi connectivity index (χ4v) is 9.03. The number of hydrogen-bond donors (Lipinski definition) is 1. The molecule has 0 amide bonds. The van der Waals surface area contributed by atoms with E-state index in [1.807, 2.05) is 18.2 Å². The number of phenolic OH excluding ortho intramolecular Hbond substituents is 1. The fourth-order valence-electron chi connectivity index (χ4n) is 9.03.